The van der Waals surface area contributed by atoms with Gasteiger partial charge >= 0.3 is 0 Å². The summed E-state index contributed by atoms with van der Waals surface area (Å²) in [6.07, 6.45) is -0.652. The molecule has 1 saturated heterocycles. The minimum Gasteiger partial charge on any atom is -0.394 e. The lowest BCUT2D eigenvalue weighted by atomic mass is 10.3. The Kier molecular flexibility index (Phi) is 4.75. The number of rotatable bonds is 3. The summed E-state index contributed by atoms with van der Waals surface area (Å²) in [6.45, 7) is -0.270. The monoisotopic (exact) mass is 371 g/mol. The Balaban J connectivity index is 2.40. The van der Waals surface area contributed by atoms with Crippen molar-refractivity contribution in [2.24, 2.45) is 0 Å². The normalized spacial score (nSPS) is 21.1. The number of hydrogen-bond acceptors (Lipinski definition) is 4. The van der Waals surface area contributed by atoms with Crippen LogP contribution in [0.4, 0.5) is 8.78 Å². The maximum Gasteiger partial charge on any atom is 0.247 e. The van der Waals surface area contributed by atoms with Gasteiger partial charge in [0.25, 0.3) is 0 Å². The van der Waals surface area contributed by atoms with Crippen molar-refractivity contribution in [1.29, 1.82) is 0 Å². The molecule has 1 unspecified atom stereocenters. The molecule has 9 heteroatoms. The number of hydrogen-bond donors (Lipinski definition) is 1. The Morgan fingerprint density at radius 2 is 2.15 bits per heavy atom. The third-order valence-electron chi connectivity index (χ3n) is 2.87. The van der Waals surface area contributed by atoms with E-state index in [9.17, 15) is 17.2 Å². The van der Waals surface area contributed by atoms with Crippen LogP contribution >= 0.6 is 15.9 Å². The largest absolute Gasteiger partial charge is 0.394 e. The molecule has 0 spiro atoms. The molecule has 20 heavy (non-hydrogen) atoms. The molecule has 1 heterocycles. The molecule has 5 nitrogen and oxygen atoms in total. The van der Waals surface area contributed by atoms with Crippen molar-refractivity contribution in [1.82, 2.24) is 4.31 Å². The highest BCUT2D eigenvalue weighted by Gasteiger charge is 2.34. The van der Waals surface area contributed by atoms with E-state index in [0.717, 1.165) is 10.4 Å². The van der Waals surface area contributed by atoms with E-state index in [0.29, 0.717) is 6.07 Å². The Hall–Kier alpha value is -0.610. The van der Waals surface area contributed by atoms with E-state index >= 15 is 0 Å². The minimum absolute atomic E-state index is 0.0437. The molecule has 1 aromatic carbocycles. The lowest BCUT2D eigenvalue weighted by molar-refractivity contribution is -0.0305. The molecule has 1 atom stereocenters. The Labute approximate surface area is 123 Å². The predicted octanol–water partition coefficient (Wildman–Crippen LogP) is 1.11. The second-order valence-corrected chi connectivity index (χ2v) is 6.97. The predicted molar refractivity (Wildman–Crippen MR) is 69.6 cm³/mol. The zero-order valence-corrected chi connectivity index (χ0v) is 12.6. The molecule has 1 aliphatic rings. The zero-order chi connectivity index (χ0) is 14.9. The lowest BCUT2D eigenvalue weighted by Crippen LogP contribution is -2.47. The van der Waals surface area contributed by atoms with Crippen LogP contribution in [0.25, 0.3) is 0 Å². The fourth-order valence-electron chi connectivity index (χ4n) is 1.93. The number of nitrogens with zero attached hydrogens (tertiary/aromatic N) is 1. The van der Waals surface area contributed by atoms with Crippen molar-refractivity contribution in [3.8, 4) is 0 Å². The van der Waals surface area contributed by atoms with Gasteiger partial charge in [-0.2, -0.15) is 4.31 Å². The highest BCUT2D eigenvalue weighted by molar-refractivity contribution is 9.10. The maximum atomic E-state index is 13.8. The first-order valence-corrected chi connectivity index (χ1v) is 7.96. The van der Waals surface area contributed by atoms with Crippen LogP contribution in [0.2, 0.25) is 0 Å². The number of benzene rings is 1. The fraction of sp³-hybridized carbons (Fsp3) is 0.455. The highest BCUT2D eigenvalue weighted by atomic mass is 79.9. The summed E-state index contributed by atoms with van der Waals surface area (Å²) in [5.74, 6) is -2.03. The smallest absolute Gasteiger partial charge is 0.247 e. The molecule has 1 fully saturated rings. The maximum absolute atomic E-state index is 13.8. The van der Waals surface area contributed by atoms with Crippen LogP contribution < -0.4 is 0 Å². The second-order valence-electron chi connectivity index (χ2n) is 4.24. The van der Waals surface area contributed by atoms with Crippen molar-refractivity contribution in [3.63, 3.8) is 0 Å². The Morgan fingerprint density at radius 3 is 2.75 bits per heavy atom. The van der Waals surface area contributed by atoms with E-state index in [-0.39, 0.29) is 30.8 Å². The number of halogens is 3. The molecular formula is C11H12BrF2NO4S. The molecular weight excluding hydrogens is 360 g/mol. The van der Waals surface area contributed by atoms with Gasteiger partial charge in [-0.1, -0.05) is 0 Å². The van der Waals surface area contributed by atoms with Gasteiger partial charge in [0.05, 0.1) is 19.3 Å². The van der Waals surface area contributed by atoms with Crippen LogP contribution in [0.3, 0.4) is 0 Å². The quantitative estimate of drug-likeness (QED) is 0.864. The molecule has 0 saturated carbocycles. The molecule has 112 valence electrons. The minimum atomic E-state index is -4.13. The van der Waals surface area contributed by atoms with Gasteiger partial charge in [-0.3, -0.25) is 0 Å². The van der Waals surface area contributed by atoms with Gasteiger partial charge in [-0.25, -0.2) is 17.2 Å². The summed E-state index contributed by atoms with van der Waals surface area (Å²) < 4.78 is 57.6. The van der Waals surface area contributed by atoms with Crippen molar-refractivity contribution in [2.75, 3.05) is 26.3 Å². The first-order chi connectivity index (χ1) is 9.36. The van der Waals surface area contributed by atoms with E-state index in [2.05, 4.69) is 15.9 Å². The zero-order valence-electron chi connectivity index (χ0n) is 10.2. The van der Waals surface area contributed by atoms with Crippen molar-refractivity contribution in [2.45, 2.75) is 11.0 Å². The molecule has 1 N–H and O–H groups in total. The first-order valence-electron chi connectivity index (χ1n) is 5.73. The van der Waals surface area contributed by atoms with E-state index < -0.39 is 32.7 Å². The average molecular weight is 372 g/mol. The van der Waals surface area contributed by atoms with E-state index in [1.165, 1.54) is 0 Å². The third-order valence-corrected chi connectivity index (χ3v) is 5.70. The summed E-state index contributed by atoms with van der Waals surface area (Å²) in [5, 5.41) is 9.01. The van der Waals surface area contributed by atoms with Gasteiger partial charge in [0.2, 0.25) is 10.0 Å². The molecule has 0 aliphatic carbocycles. The van der Waals surface area contributed by atoms with Crippen LogP contribution in [0.15, 0.2) is 21.5 Å². The van der Waals surface area contributed by atoms with Crippen LogP contribution in [0, 0.1) is 11.6 Å². The van der Waals surface area contributed by atoms with Gasteiger partial charge in [-0.15, -0.1) is 0 Å². The van der Waals surface area contributed by atoms with E-state index in [1.807, 2.05) is 0 Å². The molecule has 1 aliphatic heterocycles. The van der Waals surface area contributed by atoms with Crippen molar-refractivity contribution < 1.29 is 27.0 Å². The van der Waals surface area contributed by atoms with Crippen LogP contribution in [0.1, 0.15) is 0 Å². The standard InChI is InChI=1S/C11H12BrF2NO4S/c12-9-3-7(13)4-10(14)11(9)20(17,18)15-1-2-19-8(5-15)6-16/h3-4,8,16H,1-2,5-6H2. The Bertz CT molecular complexity index is 587. The summed E-state index contributed by atoms with van der Waals surface area (Å²) in [4.78, 5) is -0.613. The molecule has 0 bridgehead atoms. The molecule has 0 aromatic heterocycles. The molecule has 0 amide bonds. The average Bonchev–Trinajstić information content (AvgIpc) is 2.37. The number of aliphatic hydroxyl groups excluding tert-OH is 1. The highest BCUT2D eigenvalue weighted by Crippen LogP contribution is 2.29. The van der Waals surface area contributed by atoms with Gasteiger partial charge < -0.3 is 9.84 Å². The topological polar surface area (TPSA) is 66.8 Å². The summed E-state index contributed by atoms with van der Waals surface area (Å²) in [7, 11) is -4.13. The van der Waals surface area contributed by atoms with E-state index in [1.54, 1.807) is 0 Å². The van der Waals surface area contributed by atoms with Crippen molar-refractivity contribution >= 4 is 26.0 Å². The summed E-state index contributed by atoms with van der Waals surface area (Å²) in [6, 6.07) is 1.40. The lowest BCUT2D eigenvalue weighted by Gasteiger charge is -2.31. The summed E-state index contributed by atoms with van der Waals surface area (Å²) >= 11 is 2.87. The van der Waals surface area contributed by atoms with Gasteiger partial charge in [0.1, 0.15) is 16.5 Å². The first kappa shape index (κ1) is 15.8. The van der Waals surface area contributed by atoms with Gasteiger partial charge in [0, 0.05) is 23.6 Å². The molecule has 2 rings (SSSR count). The van der Waals surface area contributed by atoms with Crippen LogP contribution in [-0.4, -0.2) is 50.2 Å². The third kappa shape index (κ3) is 3.01. The molecule has 1 aromatic rings. The second kappa shape index (κ2) is 6.02. The number of aliphatic hydroxyl groups is 1. The summed E-state index contributed by atoms with van der Waals surface area (Å²) in [5.41, 5.74) is 0. The fourth-order valence-corrected chi connectivity index (χ4v) is 4.49. The van der Waals surface area contributed by atoms with Crippen molar-refractivity contribution in [3.05, 3.63) is 28.2 Å². The number of morpholine rings is 1. The number of sulfonamides is 1. The number of ether oxygens (including phenoxy) is 1. The van der Waals surface area contributed by atoms with Crippen LogP contribution in [-0.2, 0) is 14.8 Å². The van der Waals surface area contributed by atoms with Gasteiger partial charge in [-0.05, 0) is 22.0 Å². The van der Waals surface area contributed by atoms with Gasteiger partial charge in [0.15, 0.2) is 0 Å². The SMILES string of the molecule is O=S(=O)(c1c(F)cc(F)cc1Br)N1CCOC(CO)C1. The van der Waals surface area contributed by atoms with E-state index in [4.69, 9.17) is 9.84 Å². The molecule has 0 radical (unpaired) electrons. The Morgan fingerprint density at radius 1 is 1.45 bits per heavy atom. The van der Waals surface area contributed by atoms with Crippen LogP contribution in [0.5, 0.6) is 0 Å².